The highest BCUT2D eigenvalue weighted by Gasteiger charge is 2.17. The third kappa shape index (κ3) is 2.69. The van der Waals surface area contributed by atoms with Crippen LogP contribution in [0.25, 0.3) is 0 Å². The molecule has 6 heteroatoms. The Kier molecular flexibility index (Phi) is 3.44. The van der Waals surface area contributed by atoms with Crippen LogP contribution < -0.4 is 5.32 Å². The lowest BCUT2D eigenvalue weighted by Crippen LogP contribution is -2.38. The Labute approximate surface area is 90.5 Å². The minimum atomic E-state index is -1.22. The minimum absolute atomic E-state index is 0.305. The molecule has 16 heavy (non-hydrogen) atoms. The zero-order chi connectivity index (χ0) is 12.3. The van der Waals surface area contributed by atoms with Crippen molar-refractivity contribution in [1.82, 2.24) is 5.32 Å². The number of hydrogen-bond donors (Lipinski definition) is 3. The Hall–Kier alpha value is -2.11. The summed E-state index contributed by atoms with van der Waals surface area (Å²) >= 11 is 0. The number of phenolic OH excluding ortho intramolecular Hbond substituents is 1. The molecule has 0 unspecified atom stereocenters. The van der Waals surface area contributed by atoms with E-state index in [1.165, 1.54) is 6.92 Å². The molecule has 0 saturated carbocycles. The highest BCUT2D eigenvalue weighted by Crippen LogP contribution is 2.14. The van der Waals surface area contributed by atoms with Crippen LogP contribution in [0.5, 0.6) is 5.75 Å². The number of phenols is 1. The third-order valence-corrected chi connectivity index (χ3v) is 1.92. The fourth-order valence-electron chi connectivity index (χ4n) is 1.02. The van der Waals surface area contributed by atoms with E-state index in [0.717, 1.165) is 18.2 Å². The SMILES string of the molecule is C[C@H](NC(=O)c1ccc(O)cc1F)C(=O)O. The Balaban J connectivity index is 2.85. The summed E-state index contributed by atoms with van der Waals surface area (Å²) in [6.45, 7) is 1.26. The zero-order valence-electron chi connectivity index (χ0n) is 8.40. The molecule has 3 N–H and O–H groups in total. The molecular weight excluding hydrogens is 217 g/mol. The number of carboxylic acid groups (broad SMARTS) is 1. The topological polar surface area (TPSA) is 86.6 Å². The molecule has 0 bridgehead atoms. The van der Waals surface area contributed by atoms with Crippen LogP contribution in [0.2, 0.25) is 0 Å². The van der Waals surface area contributed by atoms with Gasteiger partial charge in [-0.25, -0.2) is 4.39 Å². The highest BCUT2D eigenvalue weighted by atomic mass is 19.1. The van der Waals surface area contributed by atoms with Gasteiger partial charge in [-0.3, -0.25) is 9.59 Å². The number of aliphatic carboxylic acids is 1. The summed E-state index contributed by atoms with van der Waals surface area (Å²) < 4.78 is 13.2. The van der Waals surface area contributed by atoms with Gasteiger partial charge in [-0.1, -0.05) is 0 Å². The zero-order valence-corrected chi connectivity index (χ0v) is 8.40. The van der Waals surface area contributed by atoms with Gasteiger partial charge >= 0.3 is 5.97 Å². The summed E-state index contributed by atoms with van der Waals surface area (Å²) in [5.74, 6) is -3.27. The number of halogens is 1. The van der Waals surface area contributed by atoms with Crippen LogP contribution in [0.3, 0.4) is 0 Å². The average molecular weight is 227 g/mol. The van der Waals surface area contributed by atoms with Gasteiger partial charge in [0.15, 0.2) is 0 Å². The predicted molar refractivity (Wildman–Crippen MR) is 52.6 cm³/mol. The molecule has 0 spiro atoms. The van der Waals surface area contributed by atoms with Gasteiger partial charge in [0.1, 0.15) is 17.6 Å². The number of carboxylic acids is 1. The smallest absolute Gasteiger partial charge is 0.325 e. The molecular formula is C10H10FNO4. The largest absolute Gasteiger partial charge is 0.508 e. The highest BCUT2D eigenvalue weighted by molar-refractivity contribution is 5.96. The Morgan fingerprint density at radius 2 is 2.06 bits per heavy atom. The molecule has 0 fully saturated rings. The summed E-state index contributed by atoms with van der Waals surface area (Å²) in [6, 6.07) is 1.89. The molecule has 0 saturated heterocycles. The van der Waals surface area contributed by atoms with E-state index in [1.807, 2.05) is 0 Å². The van der Waals surface area contributed by atoms with Crippen LogP contribution in [-0.2, 0) is 4.79 Å². The molecule has 5 nitrogen and oxygen atoms in total. The van der Waals surface area contributed by atoms with Crippen LogP contribution in [0, 0.1) is 5.82 Å². The lowest BCUT2D eigenvalue weighted by molar-refractivity contribution is -0.138. The standard InChI is InChI=1S/C10H10FNO4/c1-5(10(15)16)12-9(14)7-3-2-6(13)4-8(7)11/h2-5,13H,1H3,(H,12,14)(H,15,16)/t5-/m0/s1. The van der Waals surface area contributed by atoms with Crippen molar-refractivity contribution in [3.63, 3.8) is 0 Å². The predicted octanol–water partition coefficient (Wildman–Crippen LogP) is 0.734. The number of amides is 1. The number of benzene rings is 1. The van der Waals surface area contributed by atoms with Crippen molar-refractivity contribution in [3.05, 3.63) is 29.6 Å². The van der Waals surface area contributed by atoms with E-state index in [0.29, 0.717) is 0 Å². The molecule has 0 heterocycles. The van der Waals surface area contributed by atoms with E-state index in [9.17, 15) is 14.0 Å². The molecule has 1 rings (SSSR count). The third-order valence-electron chi connectivity index (χ3n) is 1.92. The molecule has 0 aliphatic carbocycles. The van der Waals surface area contributed by atoms with E-state index in [-0.39, 0.29) is 11.3 Å². The number of hydrogen-bond acceptors (Lipinski definition) is 3. The first-order valence-corrected chi connectivity index (χ1v) is 4.44. The molecule has 1 aromatic carbocycles. The maximum Gasteiger partial charge on any atom is 0.325 e. The van der Waals surface area contributed by atoms with Crippen molar-refractivity contribution in [3.8, 4) is 5.75 Å². The lowest BCUT2D eigenvalue weighted by atomic mass is 10.2. The van der Waals surface area contributed by atoms with Gasteiger partial charge in [0.2, 0.25) is 0 Å². The van der Waals surface area contributed by atoms with E-state index in [2.05, 4.69) is 5.32 Å². The fourth-order valence-corrected chi connectivity index (χ4v) is 1.02. The Morgan fingerprint density at radius 3 is 2.56 bits per heavy atom. The van der Waals surface area contributed by atoms with E-state index < -0.39 is 23.7 Å². The Bertz CT molecular complexity index is 433. The first-order chi connectivity index (χ1) is 7.41. The maximum absolute atomic E-state index is 13.2. The second-order valence-electron chi connectivity index (χ2n) is 3.20. The number of nitrogens with one attached hydrogen (secondary N) is 1. The minimum Gasteiger partial charge on any atom is -0.508 e. The summed E-state index contributed by atoms with van der Waals surface area (Å²) in [7, 11) is 0. The van der Waals surface area contributed by atoms with Gasteiger partial charge in [0.05, 0.1) is 5.56 Å². The van der Waals surface area contributed by atoms with Crippen LogP contribution in [0.4, 0.5) is 4.39 Å². The van der Waals surface area contributed by atoms with Crippen LogP contribution in [0.1, 0.15) is 17.3 Å². The van der Waals surface area contributed by atoms with Crippen molar-refractivity contribution in [2.24, 2.45) is 0 Å². The number of rotatable bonds is 3. The first-order valence-electron chi connectivity index (χ1n) is 4.44. The maximum atomic E-state index is 13.2. The number of carbonyl (C=O) groups excluding carboxylic acids is 1. The molecule has 0 aliphatic heterocycles. The van der Waals surface area contributed by atoms with Gasteiger partial charge in [0, 0.05) is 6.07 Å². The monoisotopic (exact) mass is 227 g/mol. The molecule has 1 aromatic rings. The van der Waals surface area contributed by atoms with E-state index in [4.69, 9.17) is 10.2 Å². The van der Waals surface area contributed by atoms with Gasteiger partial charge in [0.25, 0.3) is 5.91 Å². The quantitative estimate of drug-likeness (QED) is 0.710. The van der Waals surface area contributed by atoms with Crippen molar-refractivity contribution in [2.75, 3.05) is 0 Å². The van der Waals surface area contributed by atoms with Gasteiger partial charge in [-0.05, 0) is 19.1 Å². The summed E-state index contributed by atoms with van der Waals surface area (Å²) in [5.41, 5.74) is -0.314. The van der Waals surface area contributed by atoms with Gasteiger partial charge in [-0.2, -0.15) is 0 Å². The summed E-state index contributed by atoms with van der Waals surface area (Å²) in [6.07, 6.45) is 0. The lowest BCUT2D eigenvalue weighted by Gasteiger charge is -2.09. The van der Waals surface area contributed by atoms with E-state index in [1.54, 1.807) is 0 Å². The van der Waals surface area contributed by atoms with Gasteiger partial charge in [-0.15, -0.1) is 0 Å². The van der Waals surface area contributed by atoms with Crippen molar-refractivity contribution < 1.29 is 24.2 Å². The first kappa shape index (κ1) is 12.0. The molecule has 86 valence electrons. The summed E-state index contributed by atoms with van der Waals surface area (Å²) in [5, 5.41) is 19.6. The number of aromatic hydroxyl groups is 1. The van der Waals surface area contributed by atoms with Crippen molar-refractivity contribution in [1.29, 1.82) is 0 Å². The molecule has 1 atom stereocenters. The fraction of sp³-hybridized carbons (Fsp3) is 0.200. The summed E-state index contributed by atoms with van der Waals surface area (Å²) in [4.78, 5) is 21.9. The molecule has 1 amide bonds. The molecule has 0 aliphatic rings. The number of carbonyl (C=O) groups is 2. The second kappa shape index (κ2) is 4.61. The van der Waals surface area contributed by atoms with Crippen LogP contribution in [-0.4, -0.2) is 28.1 Å². The Morgan fingerprint density at radius 1 is 1.44 bits per heavy atom. The van der Waals surface area contributed by atoms with Crippen molar-refractivity contribution >= 4 is 11.9 Å². The van der Waals surface area contributed by atoms with Crippen LogP contribution in [0.15, 0.2) is 18.2 Å². The van der Waals surface area contributed by atoms with Gasteiger partial charge < -0.3 is 15.5 Å². The van der Waals surface area contributed by atoms with E-state index >= 15 is 0 Å². The average Bonchev–Trinajstić information content (AvgIpc) is 2.16. The molecule has 0 aromatic heterocycles. The molecule has 0 radical (unpaired) electrons. The van der Waals surface area contributed by atoms with Crippen molar-refractivity contribution in [2.45, 2.75) is 13.0 Å². The van der Waals surface area contributed by atoms with Crippen LogP contribution >= 0.6 is 0 Å². The second-order valence-corrected chi connectivity index (χ2v) is 3.20. The normalized spacial score (nSPS) is 11.9.